The topological polar surface area (TPSA) is 86.3 Å². The van der Waals surface area contributed by atoms with Gasteiger partial charge in [0, 0.05) is 31.6 Å². The lowest BCUT2D eigenvalue weighted by Crippen LogP contribution is -2.39. The third-order valence-electron chi connectivity index (χ3n) is 5.69. The Morgan fingerprint density at radius 3 is 2.43 bits per heavy atom. The molecule has 0 unspecified atom stereocenters. The number of amides is 1. The molecule has 0 saturated heterocycles. The highest BCUT2D eigenvalue weighted by molar-refractivity contribution is 5.91. The van der Waals surface area contributed by atoms with Crippen molar-refractivity contribution in [2.24, 2.45) is 5.92 Å². The van der Waals surface area contributed by atoms with Crippen LogP contribution in [0, 0.1) is 11.7 Å². The Kier molecular flexibility index (Phi) is 11.2. The van der Waals surface area contributed by atoms with Crippen LogP contribution in [0.4, 0.5) is 4.39 Å². The summed E-state index contributed by atoms with van der Waals surface area (Å²) in [5.74, 6) is -0.646. The fourth-order valence-corrected chi connectivity index (χ4v) is 3.97. The van der Waals surface area contributed by atoms with E-state index < -0.39 is 6.29 Å². The number of nitrogens with one attached hydrogen (secondary N) is 1. The summed E-state index contributed by atoms with van der Waals surface area (Å²) in [6.07, 6.45) is 1.89. The molecule has 8 heteroatoms. The predicted octanol–water partition coefficient (Wildman–Crippen LogP) is 3.53. The van der Waals surface area contributed by atoms with Crippen LogP contribution in [0.25, 0.3) is 0 Å². The number of rotatable bonds is 14. The van der Waals surface area contributed by atoms with Crippen molar-refractivity contribution < 1.29 is 33.2 Å². The van der Waals surface area contributed by atoms with Crippen LogP contribution in [0.15, 0.2) is 66.4 Å². The molecule has 0 saturated carbocycles. The zero-order chi connectivity index (χ0) is 24.9. The molecule has 1 aliphatic heterocycles. The van der Waals surface area contributed by atoms with E-state index in [2.05, 4.69) is 5.32 Å². The summed E-state index contributed by atoms with van der Waals surface area (Å²) in [6, 6.07) is 15.9. The molecule has 3 rings (SSSR count). The number of aliphatic hydroxyl groups excluding tert-OH is 1. The highest BCUT2D eigenvalue weighted by atomic mass is 19.1. The Morgan fingerprint density at radius 1 is 1.03 bits per heavy atom. The molecule has 1 heterocycles. The fourth-order valence-electron chi connectivity index (χ4n) is 3.97. The van der Waals surface area contributed by atoms with Crippen molar-refractivity contribution in [3.05, 3.63) is 83.4 Å². The highest BCUT2D eigenvalue weighted by Gasteiger charge is 2.37. The lowest BCUT2D eigenvalue weighted by molar-refractivity contribution is -0.168. The van der Waals surface area contributed by atoms with Crippen LogP contribution in [0.3, 0.4) is 0 Å². The van der Waals surface area contributed by atoms with Gasteiger partial charge in [-0.05, 0) is 42.7 Å². The lowest BCUT2D eigenvalue weighted by atomic mass is 9.81. The molecule has 3 atom stereocenters. The van der Waals surface area contributed by atoms with Crippen molar-refractivity contribution in [3.8, 4) is 0 Å². The quantitative estimate of drug-likeness (QED) is 0.397. The molecule has 2 aromatic rings. The molecule has 7 nitrogen and oxygen atoms in total. The summed E-state index contributed by atoms with van der Waals surface area (Å²) in [7, 11) is 0. The Hall–Kier alpha value is -2.78. The lowest BCUT2D eigenvalue weighted by Gasteiger charge is -2.37. The maximum Gasteiger partial charge on any atom is 0.286 e. The van der Waals surface area contributed by atoms with E-state index in [-0.39, 0.29) is 42.5 Å². The van der Waals surface area contributed by atoms with Crippen LogP contribution < -0.4 is 5.32 Å². The SMILES string of the molecule is CCO[C@H]1OC(C(=O)NCc2ccc(F)cc2)=C[C@@H](c2ccccc2)[C@@H]1CCOCCOCCO. The van der Waals surface area contributed by atoms with Gasteiger partial charge in [0.1, 0.15) is 5.82 Å². The van der Waals surface area contributed by atoms with Gasteiger partial charge in [0.15, 0.2) is 5.76 Å². The molecule has 0 aliphatic carbocycles. The Morgan fingerprint density at radius 2 is 1.74 bits per heavy atom. The van der Waals surface area contributed by atoms with E-state index in [1.807, 2.05) is 43.3 Å². The number of hydrogen-bond acceptors (Lipinski definition) is 6. The maximum atomic E-state index is 13.2. The van der Waals surface area contributed by atoms with Crippen LogP contribution in [0.1, 0.15) is 30.4 Å². The maximum absolute atomic E-state index is 13.2. The molecular formula is C27H34FNO6. The van der Waals surface area contributed by atoms with Crippen LogP contribution in [0.5, 0.6) is 0 Å². The molecule has 2 aromatic carbocycles. The van der Waals surface area contributed by atoms with Crippen molar-refractivity contribution >= 4 is 5.91 Å². The largest absolute Gasteiger partial charge is 0.459 e. The number of carbonyl (C=O) groups is 1. The van der Waals surface area contributed by atoms with Gasteiger partial charge in [0.25, 0.3) is 5.91 Å². The first-order chi connectivity index (χ1) is 17.1. The zero-order valence-corrected chi connectivity index (χ0v) is 20.0. The van der Waals surface area contributed by atoms with Gasteiger partial charge in [-0.2, -0.15) is 0 Å². The van der Waals surface area contributed by atoms with E-state index in [0.29, 0.717) is 39.5 Å². The van der Waals surface area contributed by atoms with Crippen LogP contribution >= 0.6 is 0 Å². The van der Waals surface area contributed by atoms with Crippen molar-refractivity contribution in [1.29, 1.82) is 0 Å². The molecular weight excluding hydrogens is 453 g/mol. The Labute approximate surface area is 205 Å². The first-order valence-corrected chi connectivity index (χ1v) is 12.0. The number of allylic oxidation sites excluding steroid dienone is 1. The molecule has 0 radical (unpaired) electrons. The van der Waals surface area contributed by atoms with Gasteiger partial charge in [0.05, 0.1) is 26.4 Å². The molecule has 1 amide bonds. The van der Waals surface area contributed by atoms with Gasteiger partial charge in [-0.1, -0.05) is 42.5 Å². The van der Waals surface area contributed by atoms with E-state index in [4.69, 9.17) is 24.1 Å². The standard InChI is InChI=1S/C27H34FNO6/c1-2-34-27-23(12-14-32-16-17-33-15-13-30)24(21-6-4-3-5-7-21)18-25(35-27)26(31)29-19-20-8-10-22(28)11-9-20/h3-11,18,23-24,27,30H,2,12-17,19H2,1H3,(H,29,31)/t23-,24-,27-/m0/s1. The summed E-state index contributed by atoms with van der Waals surface area (Å²) >= 11 is 0. The molecule has 0 fully saturated rings. The molecule has 0 aromatic heterocycles. The number of ether oxygens (including phenoxy) is 4. The van der Waals surface area contributed by atoms with Gasteiger partial charge in [-0.15, -0.1) is 0 Å². The second-order valence-electron chi connectivity index (χ2n) is 8.12. The predicted molar refractivity (Wildman–Crippen MR) is 129 cm³/mol. The van der Waals surface area contributed by atoms with E-state index in [9.17, 15) is 9.18 Å². The number of hydrogen-bond donors (Lipinski definition) is 2. The molecule has 2 N–H and O–H groups in total. The number of halogens is 1. The molecule has 1 aliphatic rings. The Balaban J connectivity index is 1.70. The van der Waals surface area contributed by atoms with Gasteiger partial charge >= 0.3 is 0 Å². The minimum Gasteiger partial charge on any atom is -0.459 e. The van der Waals surface area contributed by atoms with Crippen LogP contribution in [0.2, 0.25) is 0 Å². The normalized spacial score (nSPS) is 19.6. The minimum absolute atomic E-state index is 0.0135. The van der Waals surface area contributed by atoms with Gasteiger partial charge in [-0.3, -0.25) is 4.79 Å². The second kappa shape index (κ2) is 14.6. The first kappa shape index (κ1) is 26.8. The zero-order valence-electron chi connectivity index (χ0n) is 20.0. The average molecular weight is 488 g/mol. The minimum atomic E-state index is -0.615. The van der Waals surface area contributed by atoms with Gasteiger partial charge in [-0.25, -0.2) is 4.39 Å². The van der Waals surface area contributed by atoms with Crippen molar-refractivity contribution in [2.75, 3.05) is 39.6 Å². The summed E-state index contributed by atoms with van der Waals surface area (Å²) < 4.78 is 36.1. The average Bonchev–Trinajstić information content (AvgIpc) is 2.88. The third kappa shape index (κ3) is 8.43. The van der Waals surface area contributed by atoms with E-state index >= 15 is 0 Å². The summed E-state index contributed by atoms with van der Waals surface area (Å²) in [5, 5.41) is 11.6. The fraction of sp³-hybridized carbons (Fsp3) is 0.444. The molecule has 190 valence electrons. The van der Waals surface area contributed by atoms with Crippen molar-refractivity contribution in [3.63, 3.8) is 0 Å². The van der Waals surface area contributed by atoms with Gasteiger partial charge < -0.3 is 29.4 Å². The summed E-state index contributed by atoms with van der Waals surface area (Å²) in [5.41, 5.74) is 1.84. The summed E-state index contributed by atoms with van der Waals surface area (Å²) in [6.45, 7) is 4.17. The van der Waals surface area contributed by atoms with Gasteiger partial charge in [0.2, 0.25) is 6.29 Å². The van der Waals surface area contributed by atoms with Crippen molar-refractivity contribution in [1.82, 2.24) is 5.32 Å². The number of benzene rings is 2. The molecule has 0 bridgehead atoms. The third-order valence-corrected chi connectivity index (χ3v) is 5.69. The number of carbonyl (C=O) groups excluding carboxylic acids is 1. The first-order valence-electron chi connectivity index (χ1n) is 12.0. The number of aliphatic hydroxyl groups is 1. The van der Waals surface area contributed by atoms with E-state index in [0.717, 1.165) is 11.1 Å². The van der Waals surface area contributed by atoms with Crippen molar-refractivity contribution in [2.45, 2.75) is 32.1 Å². The second-order valence-corrected chi connectivity index (χ2v) is 8.12. The highest BCUT2D eigenvalue weighted by Crippen LogP contribution is 2.38. The van der Waals surface area contributed by atoms with Crippen LogP contribution in [-0.2, 0) is 30.3 Å². The molecule has 0 spiro atoms. The molecule has 35 heavy (non-hydrogen) atoms. The monoisotopic (exact) mass is 487 g/mol. The Bertz CT molecular complexity index is 921. The smallest absolute Gasteiger partial charge is 0.286 e. The van der Waals surface area contributed by atoms with E-state index in [1.165, 1.54) is 12.1 Å². The van der Waals surface area contributed by atoms with E-state index in [1.54, 1.807) is 12.1 Å². The van der Waals surface area contributed by atoms with Crippen LogP contribution in [-0.4, -0.2) is 56.9 Å². The summed E-state index contributed by atoms with van der Waals surface area (Å²) in [4.78, 5) is 13.0.